The largest absolute Gasteiger partial charge is 0.484 e. The number of hydrogen-bond acceptors (Lipinski definition) is 7. The molecule has 0 aliphatic carbocycles. The van der Waals surface area contributed by atoms with E-state index in [0.717, 1.165) is 18.2 Å². The predicted octanol–water partition coefficient (Wildman–Crippen LogP) is 3.93. The number of hydrogen-bond donors (Lipinski definition) is 1. The van der Waals surface area contributed by atoms with Gasteiger partial charge in [0.25, 0.3) is 5.91 Å². The lowest BCUT2D eigenvalue weighted by Crippen LogP contribution is -2.50. The van der Waals surface area contributed by atoms with Crippen LogP contribution in [0.1, 0.15) is 0 Å². The summed E-state index contributed by atoms with van der Waals surface area (Å²) in [6.45, 7) is 1.73. The van der Waals surface area contributed by atoms with Crippen molar-refractivity contribution in [3.05, 3.63) is 71.3 Å². The van der Waals surface area contributed by atoms with E-state index in [1.807, 2.05) is 4.90 Å². The van der Waals surface area contributed by atoms with Gasteiger partial charge in [0.1, 0.15) is 22.9 Å². The third-order valence-electron chi connectivity index (χ3n) is 5.85. The molecule has 11 heteroatoms. The van der Waals surface area contributed by atoms with E-state index in [9.17, 15) is 13.6 Å². The van der Waals surface area contributed by atoms with Crippen molar-refractivity contribution < 1.29 is 18.3 Å². The van der Waals surface area contributed by atoms with Gasteiger partial charge in [-0.05, 0) is 54.6 Å². The van der Waals surface area contributed by atoms with Crippen molar-refractivity contribution in [2.75, 3.05) is 43.4 Å². The highest BCUT2D eigenvalue weighted by Gasteiger charge is 2.25. The molecule has 1 amide bonds. The van der Waals surface area contributed by atoms with Crippen LogP contribution in [0, 0.1) is 11.6 Å². The zero-order chi connectivity index (χ0) is 25.2. The lowest BCUT2D eigenvalue weighted by atomic mass is 10.1. The molecule has 0 radical (unpaired) electrons. The van der Waals surface area contributed by atoms with Crippen LogP contribution in [0.4, 0.5) is 20.5 Å². The molecule has 0 unspecified atom stereocenters. The highest BCUT2D eigenvalue weighted by molar-refractivity contribution is 6.30. The van der Waals surface area contributed by atoms with Crippen molar-refractivity contribution in [2.45, 2.75) is 0 Å². The van der Waals surface area contributed by atoms with Gasteiger partial charge in [-0.25, -0.2) is 18.7 Å². The second-order valence-electron chi connectivity index (χ2n) is 8.20. The minimum Gasteiger partial charge on any atom is -0.484 e. The van der Waals surface area contributed by atoms with Gasteiger partial charge in [-0.3, -0.25) is 4.79 Å². The number of carbonyl (C=O) groups excluding carboxylic acids is 1. The topological polar surface area (TPSA) is 97.5 Å². The average Bonchev–Trinajstić information content (AvgIpc) is 2.89. The second kappa shape index (κ2) is 9.90. The lowest BCUT2D eigenvalue weighted by Gasteiger charge is -2.35. The third-order valence-corrected chi connectivity index (χ3v) is 6.11. The number of aromatic nitrogens is 3. The molecule has 0 atom stereocenters. The molecule has 5 rings (SSSR count). The molecule has 36 heavy (non-hydrogen) atoms. The summed E-state index contributed by atoms with van der Waals surface area (Å²) >= 11 is 5.87. The molecule has 2 N–H and O–H groups in total. The first-order chi connectivity index (χ1) is 17.4. The van der Waals surface area contributed by atoms with Crippen molar-refractivity contribution >= 4 is 40.3 Å². The zero-order valence-electron chi connectivity index (χ0n) is 19.0. The molecular weight excluding hydrogens is 490 g/mol. The lowest BCUT2D eigenvalue weighted by molar-refractivity contribution is -0.133. The van der Waals surface area contributed by atoms with Crippen LogP contribution in [0.25, 0.3) is 22.3 Å². The highest BCUT2D eigenvalue weighted by atomic mass is 35.5. The van der Waals surface area contributed by atoms with Crippen LogP contribution in [-0.2, 0) is 4.79 Å². The first-order valence-electron chi connectivity index (χ1n) is 11.2. The summed E-state index contributed by atoms with van der Waals surface area (Å²) in [4.78, 5) is 29.4. The smallest absolute Gasteiger partial charge is 0.260 e. The molecule has 3 heterocycles. The van der Waals surface area contributed by atoms with Gasteiger partial charge in [-0.2, -0.15) is 4.98 Å². The fraction of sp³-hybridized carbons (Fsp3) is 0.200. The maximum Gasteiger partial charge on any atom is 0.260 e. The van der Waals surface area contributed by atoms with Gasteiger partial charge in [-0.15, -0.1) is 0 Å². The van der Waals surface area contributed by atoms with E-state index in [1.54, 1.807) is 41.3 Å². The number of nitrogens with zero attached hydrogens (tertiary/aromatic N) is 5. The first-order valence-corrected chi connectivity index (χ1v) is 11.6. The number of nitrogen functional groups attached to an aromatic ring is 1. The number of piperazine rings is 1. The Morgan fingerprint density at radius 3 is 2.47 bits per heavy atom. The van der Waals surface area contributed by atoms with E-state index in [0.29, 0.717) is 53.8 Å². The monoisotopic (exact) mass is 510 g/mol. The molecule has 4 aromatic rings. The molecule has 1 aliphatic heterocycles. The quantitative estimate of drug-likeness (QED) is 0.434. The molecular formula is C25H21ClF2N6O2. The van der Waals surface area contributed by atoms with Crippen LogP contribution >= 0.6 is 11.6 Å². The number of fused-ring (bicyclic) bond motifs is 1. The Bertz CT molecular complexity index is 1430. The molecule has 8 nitrogen and oxygen atoms in total. The maximum atomic E-state index is 14.4. The van der Waals surface area contributed by atoms with Crippen molar-refractivity contribution in [2.24, 2.45) is 0 Å². The van der Waals surface area contributed by atoms with Gasteiger partial charge >= 0.3 is 0 Å². The summed E-state index contributed by atoms with van der Waals surface area (Å²) in [6, 6.07) is 13.2. The van der Waals surface area contributed by atoms with Gasteiger partial charge in [0.05, 0.1) is 11.2 Å². The molecule has 0 saturated carbocycles. The average molecular weight is 511 g/mol. The Morgan fingerprint density at radius 2 is 1.72 bits per heavy atom. The van der Waals surface area contributed by atoms with Crippen LogP contribution in [-0.4, -0.2) is 58.5 Å². The standard InChI is InChI=1S/C25H21ClF2N6O2/c26-15-1-4-17(5-2-15)36-14-22(35)33-9-11-34(12-10-33)24-23-21(31-25(29)32-24)8-7-20(30-23)18-13-16(27)3-6-19(18)28/h1-8,13H,9-12,14H2,(H2,29,31,32). The molecule has 2 aromatic heterocycles. The number of benzene rings is 2. The molecule has 1 aliphatic rings. The molecule has 184 valence electrons. The summed E-state index contributed by atoms with van der Waals surface area (Å²) in [5.74, 6) is -0.193. The summed E-state index contributed by atoms with van der Waals surface area (Å²) in [7, 11) is 0. The molecule has 1 fully saturated rings. The predicted molar refractivity (Wildman–Crippen MR) is 133 cm³/mol. The van der Waals surface area contributed by atoms with Crippen molar-refractivity contribution in [3.63, 3.8) is 0 Å². The Balaban J connectivity index is 1.33. The van der Waals surface area contributed by atoms with Crippen LogP contribution in [0.3, 0.4) is 0 Å². The number of ether oxygens (including phenoxy) is 1. The molecule has 0 spiro atoms. The van der Waals surface area contributed by atoms with E-state index in [1.165, 1.54) is 0 Å². The van der Waals surface area contributed by atoms with Crippen LogP contribution in [0.15, 0.2) is 54.6 Å². The zero-order valence-corrected chi connectivity index (χ0v) is 19.8. The number of nitrogens with two attached hydrogens (primary N) is 1. The Labute approximate surface area is 210 Å². The van der Waals surface area contributed by atoms with Crippen molar-refractivity contribution in [1.29, 1.82) is 0 Å². The number of halogens is 3. The van der Waals surface area contributed by atoms with E-state index in [2.05, 4.69) is 15.0 Å². The number of amides is 1. The molecule has 2 aromatic carbocycles. The third kappa shape index (κ3) is 4.99. The maximum absolute atomic E-state index is 14.4. The number of pyridine rings is 1. The van der Waals surface area contributed by atoms with E-state index in [4.69, 9.17) is 22.1 Å². The van der Waals surface area contributed by atoms with Crippen molar-refractivity contribution in [1.82, 2.24) is 19.9 Å². The summed E-state index contributed by atoms with van der Waals surface area (Å²) in [5.41, 5.74) is 7.11. The van der Waals surface area contributed by atoms with Gasteiger partial charge in [-0.1, -0.05) is 11.6 Å². The summed E-state index contributed by atoms with van der Waals surface area (Å²) < 4.78 is 33.7. The Kier molecular flexibility index (Phi) is 6.51. The second-order valence-corrected chi connectivity index (χ2v) is 8.64. The fourth-order valence-corrected chi connectivity index (χ4v) is 4.14. The summed E-state index contributed by atoms with van der Waals surface area (Å²) in [6.07, 6.45) is 0. The van der Waals surface area contributed by atoms with E-state index >= 15 is 0 Å². The van der Waals surface area contributed by atoms with Crippen molar-refractivity contribution in [3.8, 4) is 17.0 Å². The van der Waals surface area contributed by atoms with Gasteiger partial charge in [0, 0.05) is 36.8 Å². The summed E-state index contributed by atoms with van der Waals surface area (Å²) in [5, 5.41) is 0.588. The minimum absolute atomic E-state index is 0.0378. The Hall–Kier alpha value is -4.05. The fourth-order valence-electron chi connectivity index (χ4n) is 4.02. The van der Waals surface area contributed by atoms with Crippen LogP contribution in [0.5, 0.6) is 5.75 Å². The Morgan fingerprint density at radius 1 is 0.972 bits per heavy atom. The number of rotatable bonds is 5. The van der Waals surface area contributed by atoms with E-state index in [-0.39, 0.29) is 29.7 Å². The van der Waals surface area contributed by atoms with Gasteiger partial charge < -0.3 is 20.3 Å². The first kappa shape index (κ1) is 23.7. The van der Waals surface area contributed by atoms with Crippen LogP contribution in [0.2, 0.25) is 5.02 Å². The molecule has 1 saturated heterocycles. The number of anilines is 2. The van der Waals surface area contributed by atoms with Gasteiger partial charge in [0.2, 0.25) is 5.95 Å². The highest BCUT2D eigenvalue weighted by Crippen LogP contribution is 2.29. The SMILES string of the molecule is Nc1nc(N2CCN(C(=O)COc3ccc(Cl)cc3)CC2)c2nc(-c3cc(F)ccc3F)ccc2n1. The van der Waals surface area contributed by atoms with E-state index < -0.39 is 11.6 Å². The minimum atomic E-state index is -0.589. The normalized spacial score (nSPS) is 13.8. The van der Waals surface area contributed by atoms with Crippen LogP contribution < -0.4 is 15.4 Å². The number of carbonyl (C=O) groups is 1. The van der Waals surface area contributed by atoms with Gasteiger partial charge in [0.15, 0.2) is 12.4 Å². The molecule has 0 bridgehead atoms.